The maximum Gasteiger partial charge on any atom is 0.135 e. The molecule has 94 valence electrons. The average molecular weight is 389 g/mol. The van der Waals surface area contributed by atoms with Gasteiger partial charge in [0, 0.05) is 27.4 Å². The Hall–Kier alpha value is -0.360. The number of rotatable bonds is 1. The van der Waals surface area contributed by atoms with E-state index in [-0.39, 0.29) is 12.1 Å². The van der Waals surface area contributed by atoms with E-state index >= 15 is 0 Å². The second kappa shape index (κ2) is 4.96. The molecule has 0 fully saturated rings. The molecule has 1 aromatic heterocycles. The van der Waals surface area contributed by atoms with Crippen LogP contribution in [0.1, 0.15) is 29.0 Å². The Morgan fingerprint density at radius 2 is 2.06 bits per heavy atom. The van der Waals surface area contributed by atoms with E-state index in [2.05, 4.69) is 37.9 Å². The highest BCUT2D eigenvalue weighted by molar-refractivity contribution is 9.13. The van der Waals surface area contributed by atoms with Crippen molar-refractivity contribution in [2.45, 2.75) is 18.6 Å². The number of hydrogen-bond donors (Lipinski definition) is 1. The predicted molar refractivity (Wildman–Crippen MR) is 81.1 cm³/mol. The lowest BCUT2D eigenvalue weighted by Gasteiger charge is -2.29. The number of nitrogens with two attached hydrogens (primary N) is 1. The van der Waals surface area contributed by atoms with E-state index in [0.29, 0.717) is 0 Å². The SMILES string of the molecule is NC1CC(c2cc(Br)c(Br)s2)Oc2ccccc21. The minimum atomic E-state index is 0.0413. The molecule has 18 heavy (non-hydrogen) atoms. The third-order valence-corrected chi connectivity index (χ3v) is 6.39. The maximum atomic E-state index is 6.22. The second-order valence-electron chi connectivity index (χ2n) is 4.26. The fourth-order valence-corrected chi connectivity index (χ4v) is 4.28. The summed E-state index contributed by atoms with van der Waals surface area (Å²) in [5.41, 5.74) is 7.32. The van der Waals surface area contributed by atoms with E-state index in [1.165, 1.54) is 4.88 Å². The van der Waals surface area contributed by atoms with Gasteiger partial charge in [-0.3, -0.25) is 0 Å². The highest BCUT2D eigenvalue weighted by atomic mass is 79.9. The van der Waals surface area contributed by atoms with E-state index in [9.17, 15) is 0 Å². The van der Waals surface area contributed by atoms with Crippen LogP contribution in [0.5, 0.6) is 5.75 Å². The second-order valence-corrected chi connectivity index (χ2v) is 7.51. The van der Waals surface area contributed by atoms with Crippen LogP contribution in [0.3, 0.4) is 0 Å². The van der Waals surface area contributed by atoms with Crippen LogP contribution in [0.2, 0.25) is 0 Å². The Morgan fingerprint density at radius 1 is 1.28 bits per heavy atom. The van der Waals surface area contributed by atoms with Gasteiger partial charge in [-0.05, 0) is 44.0 Å². The minimum Gasteiger partial charge on any atom is -0.484 e. The Bertz CT molecular complexity index is 565. The van der Waals surface area contributed by atoms with E-state index < -0.39 is 0 Å². The van der Waals surface area contributed by atoms with Gasteiger partial charge in [0.25, 0.3) is 0 Å². The minimum absolute atomic E-state index is 0.0413. The molecule has 0 bridgehead atoms. The van der Waals surface area contributed by atoms with Crippen LogP contribution < -0.4 is 10.5 Å². The predicted octanol–water partition coefficient (Wildman–Crippen LogP) is 4.80. The molecule has 2 N–H and O–H groups in total. The van der Waals surface area contributed by atoms with Crippen LogP contribution in [-0.2, 0) is 0 Å². The molecular formula is C13H11Br2NOS. The number of benzene rings is 1. The molecule has 0 aliphatic carbocycles. The third kappa shape index (κ3) is 2.25. The number of ether oxygens (including phenoxy) is 1. The monoisotopic (exact) mass is 387 g/mol. The standard InChI is InChI=1S/C13H11Br2NOS/c14-8-5-12(18-13(8)15)11-6-9(16)7-3-1-2-4-10(7)17-11/h1-5,9,11H,6,16H2. The van der Waals surface area contributed by atoms with E-state index in [1.54, 1.807) is 11.3 Å². The molecule has 2 heterocycles. The topological polar surface area (TPSA) is 35.2 Å². The summed E-state index contributed by atoms with van der Waals surface area (Å²) >= 11 is 8.71. The van der Waals surface area contributed by atoms with E-state index in [1.807, 2.05) is 24.3 Å². The Morgan fingerprint density at radius 3 is 2.78 bits per heavy atom. The molecule has 2 atom stereocenters. The van der Waals surface area contributed by atoms with Crippen LogP contribution in [-0.4, -0.2) is 0 Å². The van der Waals surface area contributed by atoms with Crippen molar-refractivity contribution in [1.29, 1.82) is 0 Å². The lowest BCUT2D eigenvalue weighted by molar-refractivity contribution is 0.165. The maximum absolute atomic E-state index is 6.22. The molecular weight excluding hydrogens is 378 g/mol. The average Bonchev–Trinajstić information content (AvgIpc) is 2.70. The van der Waals surface area contributed by atoms with Crippen LogP contribution >= 0.6 is 43.2 Å². The van der Waals surface area contributed by atoms with Crippen molar-refractivity contribution >= 4 is 43.2 Å². The lowest BCUT2D eigenvalue weighted by atomic mass is 9.97. The van der Waals surface area contributed by atoms with Gasteiger partial charge in [0.1, 0.15) is 11.9 Å². The van der Waals surface area contributed by atoms with Crippen LogP contribution in [0, 0.1) is 0 Å². The molecule has 0 radical (unpaired) electrons. The van der Waals surface area contributed by atoms with Crippen molar-refractivity contribution in [3.05, 3.63) is 49.0 Å². The largest absolute Gasteiger partial charge is 0.484 e. The molecule has 0 amide bonds. The molecule has 3 rings (SSSR count). The van der Waals surface area contributed by atoms with Gasteiger partial charge in [-0.15, -0.1) is 11.3 Å². The summed E-state index contributed by atoms with van der Waals surface area (Å²) in [6.45, 7) is 0. The molecule has 5 heteroatoms. The molecule has 0 spiro atoms. The molecule has 2 nitrogen and oxygen atoms in total. The summed E-state index contributed by atoms with van der Waals surface area (Å²) in [6, 6.07) is 10.1. The van der Waals surface area contributed by atoms with Crippen molar-refractivity contribution in [2.24, 2.45) is 5.73 Å². The first-order valence-corrected chi connectivity index (χ1v) is 8.01. The number of hydrogen-bond acceptors (Lipinski definition) is 3. The van der Waals surface area contributed by atoms with Gasteiger partial charge in [-0.2, -0.15) is 0 Å². The van der Waals surface area contributed by atoms with Gasteiger partial charge >= 0.3 is 0 Å². The van der Waals surface area contributed by atoms with E-state index in [0.717, 1.165) is 26.0 Å². The molecule has 1 aromatic carbocycles. The van der Waals surface area contributed by atoms with Crippen molar-refractivity contribution in [2.75, 3.05) is 0 Å². The first-order valence-electron chi connectivity index (χ1n) is 5.61. The van der Waals surface area contributed by atoms with Crippen LogP contribution in [0.15, 0.2) is 38.6 Å². The summed E-state index contributed by atoms with van der Waals surface area (Å²) in [5, 5.41) is 0. The normalized spacial score (nSPS) is 22.4. The molecule has 2 aromatic rings. The van der Waals surface area contributed by atoms with Gasteiger partial charge < -0.3 is 10.5 Å². The fourth-order valence-electron chi connectivity index (χ4n) is 2.15. The molecule has 1 aliphatic rings. The van der Waals surface area contributed by atoms with Gasteiger partial charge in [0.05, 0.1) is 3.79 Å². The van der Waals surface area contributed by atoms with Gasteiger partial charge in [0.15, 0.2) is 0 Å². The number of thiophene rings is 1. The molecule has 1 aliphatic heterocycles. The van der Waals surface area contributed by atoms with Crippen LogP contribution in [0.4, 0.5) is 0 Å². The van der Waals surface area contributed by atoms with Gasteiger partial charge in [0.2, 0.25) is 0 Å². The zero-order valence-corrected chi connectivity index (χ0v) is 13.4. The highest BCUT2D eigenvalue weighted by Gasteiger charge is 2.28. The van der Waals surface area contributed by atoms with E-state index in [4.69, 9.17) is 10.5 Å². The Labute approximate surface area is 126 Å². The third-order valence-electron chi connectivity index (χ3n) is 3.04. The number of halogens is 2. The zero-order chi connectivity index (χ0) is 12.7. The zero-order valence-electron chi connectivity index (χ0n) is 9.40. The summed E-state index contributed by atoms with van der Waals surface area (Å²) in [4.78, 5) is 1.19. The summed E-state index contributed by atoms with van der Waals surface area (Å²) in [7, 11) is 0. The highest BCUT2D eigenvalue weighted by Crippen LogP contribution is 2.44. The molecule has 2 unspecified atom stereocenters. The summed E-state index contributed by atoms with van der Waals surface area (Å²) in [5.74, 6) is 0.905. The first-order chi connectivity index (χ1) is 8.65. The van der Waals surface area contributed by atoms with Crippen LogP contribution in [0.25, 0.3) is 0 Å². The number of fused-ring (bicyclic) bond motifs is 1. The van der Waals surface area contributed by atoms with Gasteiger partial charge in [-0.25, -0.2) is 0 Å². The van der Waals surface area contributed by atoms with Crippen molar-refractivity contribution in [3.8, 4) is 5.75 Å². The summed E-state index contributed by atoms with van der Waals surface area (Å²) in [6.07, 6.45) is 0.860. The lowest BCUT2D eigenvalue weighted by Crippen LogP contribution is -2.23. The molecule has 0 saturated carbocycles. The van der Waals surface area contributed by atoms with Crippen molar-refractivity contribution < 1.29 is 4.74 Å². The summed E-state index contributed by atoms with van der Waals surface area (Å²) < 4.78 is 8.20. The molecule has 0 saturated heterocycles. The van der Waals surface area contributed by atoms with Crippen molar-refractivity contribution in [1.82, 2.24) is 0 Å². The first kappa shape index (κ1) is 12.7. The van der Waals surface area contributed by atoms with Gasteiger partial charge in [-0.1, -0.05) is 18.2 Å². The van der Waals surface area contributed by atoms with Crippen molar-refractivity contribution in [3.63, 3.8) is 0 Å². The Balaban J connectivity index is 1.94. The fraction of sp³-hybridized carbons (Fsp3) is 0.231. The smallest absolute Gasteiger partial charge is 0.135 e. The quantitative estimate of drug-likeness (QED) is 0.761. The number of para-hydroxylation sites is 1. The Kier molecular flexibility index (Phi) is 3.49.